The van der Waals surface area contributed by atoms with E-state index in [1.807, 2.05) is 0 Å². The lowest BCUT2D eigenvalue weighted by atomic mass is 10.1. The van der Waals surface area contributed by atoms with E-state index in [1.165, 1.54) is 13.2 Å². The molecule has 0 aliphatic rings. The highest BCUT2D eigenvalue weighted by atomic mass is 35.5. The van der Waals surface area contributed by atoms with Crippen LogP contribution in [-0.2, 0) is 17.8 Å². The second-order valence-electron chi connectivity index (χ2n) is 6.41. The highest BCUT2D eigenvalue weighted by molar-refractivity contribution is 7.71. The monoisotopic (exact) mass is 468 g/mol. The molecule has 0 aliphatic heterocycles. The van der Waals surface area contributed by atoms with E-state index in [0.29, 0.717) is 28.6 Å². The summed E-state index contributed by atoms with van der Waals surface area (Å²) in [5.41, 5.74) is 1.56. The third kappa shape index (κ3) is 6.02. The van der Waals surface area contributed by atoms with Crippen LogP contribution in [0.3, 0.4) is 0 Å². The number of nitrogens with zero attached hydrogens (tertiary/aromatic N) is 2. The largest absolute Gasteiger partial charge is 0.493 e. The molecule has 0 bridgehead atoms. The van der Waals surface area contributed by atoms with Crippen LogP contribution in [0.5, 0.6) is 11.5 Å². The third-order valence-electron chi connectivity index (χ3n) is 4.34. The van der Waals surface area contributed by atoms with Crippen molar-refractivity contribution in [3.63, 3.8) is 0 Å². The minimum Gasteiger partial charge on any atom is -0.493 e. The highest BCUT2D eigenvalue weighted by Crippen LogP contribution is 2.29. The quantitative estimate of drug-likeness (QED) is 0.459. The molecule has 0 fully saturated rings. The van der Waals surface area contributed by atoms with Crippen LogP contribution < -0.4 is 14.8 Å². The molecule has 2 N–H and O–H groups in total. The molecule has 0 unspecified atom stereocenters. The molecule has 0 spiro atoms. The molecule has 0 saturated carbocycles. The first-order valence-corrected chi connectivity index (χ1v) is 9.95. The number of aromatic amines is 1. The van der Waals surface area contributed by atoms with Gasteiger partial charge in [0.05, 0.1) is 7.11 Å². The Morgan fingerprint density at radius 3 is 2.68 bits per heavy atom. The Labute approximate surface area is 186 Å². The number of carbonyl (C=O) groups excluding carboxylic acids is 1. The van der Waals surface area contributed by atoms with Crippen LogP contribution in [-0.4, -0.2) is 40.9 Å². The van der Waals surface area contributed by atoms with Crippen molar-refractivity contribution in [3.05, 3.63) is 57.8 Å². The van der Waals surface area contributed by atoms with Crippen molar-refractivity contribution in [3.8, 4) is 22.9 Å². The standard InChI is InChI=1S/C20H19ClF2N4O3S/c1-29-16-10-12(2-7-15(16)30-19(22)23)8-9-24-17(28)11-27-18(25-26-20(27)31)13-3-5-14(21)6-4-13/h2-7,10,19H,8-9,11H2,1H3,(H,24,28)(H,26,31). The van der Waals surface area contributed by atoms with Crippen molar-refractivity contribution in [1.29, 1.82) is 0 Å². The van der Waals surface area contributed by atoms with Crippen molar-refractivity contribution < 1.29 is 23.0 Å². The second kappa shape index (κ2) is 10.4. The number of H-pyrrole nitrogens is 1. The first kappa shape index (κ1) is 22.7. The van der Waals surface area contributed by atoms with Crippen molar-refractivity contribution >= 4 is 29.7 Å². The van der Waals surface area contributed by atoms with E-state index in [-0.39, 0.29) is 24.0 Å². The van der Waals surface area contributed by atoms with Crippen LogP contribution in [0.1, 0.15) is 5.56 Å². The summed E-state index contributed by atoms with van der Waals surface area (Å²) in [6, 6.07) is 11.7. The fourth-order valence-electron chi connectivity index (χ4n) is 2.89. The first-order chi connectivity index (χ1) is 14.9. The number of aromatic nitrogens is 3. The molecule has 31 heavy (non-hydrogen) atoms. The number of hydrogen-bond donors (Lipinski definition) is 2. The molecular weight excluding hydrogens is 450 g/mol. The predicted molar refractivity (Wildman–Crippen MR) is 114 cm³/mol. The Bertz CT molecular complexity index is 1100. The summed E-state index contributed by atoms with van der Waals surface area (Å²) in [4.78, 5) is 12.4. The molecule has 7 nitrogen and oxygen atoms in total. The van der Waals surface area contributed by atoms with Gasteiger partial charge in [0.25, 0.3) is 0 Å². The zero-order chi connectivity index (χ0) is 22.4. The zero-order valence-corrected chi connectivity index (χ0v) is 18.0. The first-order valence-electron chi connectivity index (χ1n) is 9.17. The highest BCUT2D eigenvalue weighted by Gasteiger charge is 2.13. The lowest BCUT2D eigenvalue weighted by molar-refractivity contribution is -0.121. The van der Waals surface area contributed by atoms with Crippen LogP contribution in [0, 0.1) is 4.77 Å². The molecule has 0 aliphatic carbocycles. The number of amides is 1. The average Bonchev–Trinajstić information content (AvgIpc) is 3.09. The number of methoxy groups -OCH3 is 1. The number of hydrogen-bond acceptors (Lipinski definition) is 5. The number of benzene rings is 2. The van der Waals surface area contributed by atoms with Gasteiger partial charge < -0.3 is 14.8 Å². The van der Waals surface area contributed by atoms with Gasteiger partial charge in [0.1, 0.15) is 6.54 Å². The van der Waals surface area contributed by atoms with Gasteiger partial charge >= 0.3 is 6.61 Å². The van der Waals surface area contributed by atoms with Crippen molar-refractivity contribution in [2.75, 3.05) is 13.7 Å². The van der Waals surface area contributed by atoms with Gasteiger partial charge in [-0.05, 0) is 60.6 Å². The van der Waals surface area contributed by atoms with Crippen LogP contribution in [0.2, 0.25) is 5.02 Å². The number of nitrogens with one attached hydrogen (secondary N) is 2. The molecule has 2 aromatic carbocycles. The fourth-order valence-corrected chi connectivity index (χ4v) is 3.21. The van der Waals surface area contributed by atoms with E-state index in [4.69, 9.17) is 28.6 Å². The van der Waals surface area contributed by atoms with Crippen molar-refractivity contribution in [2.24, 2.45) is 0 Å². The average molecular weight is 469 g/mol. The minimum absolute atomic E-state index is 0.0161. The maximum Gasteiger partial charge on any atom is 0.387 e. The number of rotatable bonds is 9. The predicted octanol–water partition coefficient (Wildman–Crippen LogP) is 4.23. The zero-order valence-electron chi connectivity index (χ0n) is 16.4. The van der Waals surface area contributed by atoms with Gasteiger partial charge in [-0.1, -0.05) is 17.7 Å². The summed E-state index contributed by atoms with van der Waals surface area (Å²) in [7, 11) is 1.37. The van der Waals surface area contributed by atoms with Crippen LogP contribution in [0.15, 0.2) is 42.5 Å². The third-order valence-corrected chi connectivity index (χ3v) is 4.91. The number of ether oxygens (including phenoxy) is 2. The smallest absolute Gasteiger partial charge is 0.387 e. The Morgan fingerprint density at radius 1 is 1.26 bits per heavy atom. The maximum atomic E-state index is 12.4. The molecular formula is C20H19ClF2N4O3S. The van der Waals surface area contributed by atoms with E-state index < -0.39 is 6.61 Å². The van der Waals surface area contributed by atoms with Crippen LogP contribution in [0.4, 0.5) is 8.78 Å². The Morgan fingerprint density at radius 2 is 2.00 bits per heavy atom. The molecule has 1 heterocycles. The van der Waals surface area contributed by atoms with E-state index in [2.05, 4.69) is 20.3 Å². The van der Waals surface area contributed by atoms with Crippen molar-refractivity contribution in [2.45, 2.75) is 19.6 Å². The molecule has 3 rings (SSSR count). The second-order valence-corrected chi connectivity index (χ2v) is 7.23. The Kier molecular flexibility index (Phi) is 7.59. The SMILES string of the molecule is COc1cc(CCNC(=O)Cn2c(-c3ccc(Cl)cc3)n[nH]c2=S)ccc1OC(F)F. The van der Waals surface area contributed by atoms with E-state index >= 15 is 0 Å². The van der Waals surface area contributed by atoms with Crippen molar-refractivity contribution in [1.82, 2.24) is 20.1 Å². The fraction of sp³-hybridized carbons (Fsp3) is 0.250. The molecule has 1 amide bonds. The molecule has 3 aromatic rings. The Hall–Kier alpha value is -2.98. The van der Waals surface area contributed by atoms with Gasteiger partial charge in [0, 0.05) is 17.1 Å². The van der Waals surface area contributed by atoms with Gasteiger partial charge in [-0.15, -0.1) is 0 Å². The number of alkyl halides is 2. The summed E-state index contributed by atoms with van der Waals surface area (Å²) < 4.78 is 36.2. The molecule has 0 atom stereocenters. The Balaban J connectivity index is 1.60. The number of halogens is 3. The number of carbonyl (C=O) groups is 1. The molecule has 11 heteroatoms. The normalized spacial score (nSPS) is 10.9. The van der Waals surface area contributed by atoms with E-state index in [0.717, 1.165) is 11.1 Å². The van der Waals surface area contributed by atoms with Gasteiger partial charge in [-0.2, -0.15) is 13.9 Å². The summed E-state index contributed by atoms with van der Waals surface area (Å²) in [6.07, 6.45) is 0.470. The van der Waals surface area contributed by atoms with Crippen LogP contribution >= 0.6 is 23.8 Å². The molecule has 1 aromatic heterocycles. The summed E-state index contributed by atoms with van der Waals surface area (Å²) in [6.45, 7) is -2.62. The topological polar surface area (TPSA) is 81.2 Å². The molecule has 0 radical (unpaired) electrons. The maximum absolute atomic E-state index is 12.4. The summed E-state index contributed by atoms with van der Waals surface area (Å²) in [5, 5.41) is 10.3. The lowest BCUT2D eigenvalue weighted by Crippen LogP contribution is -2.29. The van der Waals surface area contributed by atoms with Gasteiger partial charge in [-0.25, -0.2) is 0 Å². The molecule has 164 valence electrons. The van der Waals surface area contributed by atoms with Crippen LogP contribution in [0.25, 0.3) is 11.4 Å². The van der Waals surface area contributed by atoms with Gasteiger partial charge in [-0.3, -0.25) is 14.5 Å². The summed E-state index contributed by atoms with van der Waals surface area (Å²) in [5.74, 6) is 0.421. The minimum atomic E-state index is -2.94. The van der Waals surface area contributed by atoms with Gasteiger partial charge in [0.2, 0.25) is 5.91 Å². The van der Waals surface area contributed by atoms with E-state index in [1.54, 1.807) is 41.0 Å². The summed E-state index contributed by atoms with van der Waals surface area (Å²) >= 11 is 11.2. The van der Waals surface area contributed by atoms with Gasteiger partial charge in [0.15, 0.2) is 22.1 Å². The molecule has 0 saturated heterocycles. The van der Waals surface area contributed by atoms with E-state index in [9.17, 15) is 13.6 Å². The lowest BCUT2D eigenvalue weighted by Gasteiger charge is -2.12.